The maximum absolute atomic E-state index is 9.97. The molecular weight excluding hydrogens is 735 g/mol. The number of hydrogen-bond acceptors (Lipinski definition) is 1. The standard InChI is InChI=1S/C60H41N/c1-2-13-46(14-3-1)59-40-35-47-17-6-9-24-58(47)60(59)49-33-38-52(39-34-49)61(53-21-10-20-50(41-53)57-26-12-19-45-16-5-8-23-55(45)57)51-36-31-43(32-37-51)42-27-29-48(30-28-42)56-25-11-18-44-15-4-7-22-54(44)56/h1-41H/i10D,20D,21D,31D,32D,33D,34D,36D,37D,38D,39D,41D. The molecular formula is C60H41N. The molecule has 61 heavy (non-hydrogen) atoms. The third-order valence-corrected chi connectivity index (χ3v) is 11.1. The normalized spacial score (nSPS) is 14.0. The van der Waals surface area contributed by atoms with E-state index in [2.05, 4.69) is 0 Å². The van der Waals surface area contributed by atoms with Crippen molar-refractivity contribution in [1.82, 2.24) is 0 Å². The van der Waals surface area contributed by atoms with E-state index in [0.29, 0.717) is 33.0 Å². The van der Waals surface area contributed by atoms with Crippen LogP contribution in [-0.4, -0.2) is 0 Å². The lowest BCUT2D eigenvalue weighted by Crippen LogP contribution is -2.10. The number of hydrogen-bond donors (Lipinski definition) is 0. The SMILES string of the molecule is [2H]c1c([2H])c(-c2cccc3ccccc23)c([2H])c(N(c2c([2H])c([2H])c(-c3ccc(-c4cccc5ccccc45)cc3)c([2H])c2[2H])c2c([2H])c([2H])c(-c3c(-c4ccccc4)ccc4ccccc34)c([2H])c2[2H])c1[2H]. The van der Waals surface area contributed by atoms with Crippen molar-refractivity contribution in [2.24, 2.45) is 0 Å². The second-order valence-electron chi connectivity index (χ2n) is 14.7. The Kier molecular flexibility index (Phi) is 6.53. The first-order valence-electron chi connectivity index (χ1n) is 26.0. The van der Waals surface area contributed by atoms with E-state index in [-0.39, 0.29) is 16.7 Å². The summed E-state index contributed by atoms with van der Waals surface area (Å²) in [5, 5.41) is 4.90. The van der Waals surface area contributed by atoms with Crippen LogP contribution in [0.1, 0.15) is 16.4 Å². The zero-order valence-corrected chi connectivity index (χ0v) is 32.7. The van der Waals surface area contributed by atoms with Crippen LogP contribution in [0.15, 0.2) is 248 Å². The Bertz CT molecular complexity index is 3990. The summed E-state index contributed by atoms with van der Waals surface area (Å²) >= 11 is 0. The number of benzene rings is 11. The van der Waals surface area contributed by atoms with Crippen molar-refractivity contribution in [3.8, 4) is 55.6 Å². The van der Waals surface area contributed by atoms with Crippen molar-refractivity contribution in [1.29, 1.82) is 0 Å². The van der Waals surface area contributed by atoms with Crippen LogP contribution in [0.25, 0.3) is 88.0 Å². The maximum Gasteiger partial charge on any atom is 0.0651 e. The minimum absolute atomic E-state index is 0.0486. The molecule has 0 bridgehead atoms. The summed E-state index contributed by atoms with van der Waals surface area (Å²) in [6.45, 7) is 0. The zero-order chi connectivity index (χ0) is 51.0. The zero-order valence-electron chi connectivity index (χ0n) is 44.7. The van der Waals surface area contributed by atoms with Crippen LogP contribution in [0.2, 0.25) is 0 Å². The Morgan fingerprint density at radius 3 is 1.41 bits per heavy atom. The monoisotopic (exact) mass is 787 g/mol. The Morgan fingerprint density at radius 2 is 0.770 bits per heavy atom. The topological polar surface area (TPSA) is 3.24 Å². The summed E-state index contributed by atoms with van der Waals surface area (Å²) in [5.74, 6) is 0. The van der Waals surface area contributed by atoms with Crippen LogP contribution in [-0.2, 0) is 0 Å². The van der Waals surface area contributed by atoms with Crippen LogP contribution < -0.4 is 4.90 Å². The predicted octanol–water partition coefficient (Wildman–Crippen LogP) is 17.0. The molecule has 0 aromatic heterocycles. The predicted molar refractivity (Wildman–Crippen MR) is 261 cm³/mol. The van der Waals surface area contributed by atoms with Gasteiger partial charge >= 0.3 is 0 Å². The molecule has 11 aromatic carbocycles. The Balaban J connectivity index is 1.19. The second-order valence-corrected chi connectivity index (χ2v) is 14.7. The van der Waals surface area contributed by atoms with Crippen LogP contribution >= 0.6 is 0 Å². The van der Waals surface area contributed by atoms with Crippen molar-refractivity contribution < 1.29 is 16.4 Å². The Hall–Kier alpha value is -8.00. The highest BCUT2D eigenvalue weighted by molar-refractivity contribution is 6.04. The number of anilines is 3. The van der Waals surface area contributed by atoms with Gasteiger partial charge in [0.15, 0.2) is 0 Å². The molecule has 11 rings (SSSR count). The van der Waals surface area contributed by atoms with Crippen LogP contribution in [0.3, 0.4) is 0 Å². The van der Waals surface area contributed by atoms with E-state index in [0.717, 1.165) is 43.1 Å². The van der Waals surface area contributed by atoms with E-state index in [9.17, 15) is 16.4 Å². The van der Waals surface area contributed by atoms with Crippen molar-refractivity contribution in [2.75, 3.05) is 4.90 Å². The molecule has 0 saturated heterocycles. The lowest BCUT2D eigenvalue weighted by Gasteiger charge is -2.27. The van der Waals surface area contributed by atoms with E-state index in [1.54, 1.807) is 36.4 Å². The highest BCUT2D eigenvalue weighted by atomic mass is 15.1. The molecule has 0 spiro atoms. The summed E-state index contributed by atoms with van der Waals surface area (Å²) < 4.78 is 116. The summed E-state index contributed by atoms with van der Waals surface area (Å²) in [7, 11) is 0. The summed E-state index contributed by atoms with van der Waals surface area (Å²) in [5.41, 5.74) is 2.51. The molecule has 1 heteroatoms. The molecule has 0 heterocycles. The molecule has 0 aliphatic heterocycles. The molecule has 1 nitrogen and oxygen atoms in total. The Morgan fingerprint density at radius 1 is 0.279 bits per heavy atom. The van der Waals surface area contributed by atoms with Gasteiger partial charge < -0.3 is 4.90 Å². The van der Waals surface area contributed by atoms with Gasteiger partial charge in [0.1, 0.15) is 0 Å². The fourth-order valence-corrected chi connectivity index (χ4v) is 8.16. The molecule has 0 atom stereocenters. The molecule has 11 aromatic rings. The number of nitrogens with zero attached hydrogens (tertiary/aromatic N) is 1. The minimum Gasteiger partial charge on any atom is -0.310 e. The fourth-order valence-electron chi connectivity index (χ4n) is 8.16. The highest BCUT2D eigenvalue weighted by Gasteiger charge is 2.17. The lowest BCUT2D eigenvalue weighted by molar-refractivity contribution is 1.28. The van der Waals surface area contributed by atoms with Crippen LogP contribution in [0.5, 0.6) is 0 Å². The van der Waals surface area contributed by atoms with Crippen LogP contribution in [0, 0.1) is 0 Å². The number of fused-ring (bicyclic) bond motifs is 3. The largest absolute Gasteiger partial charge is 0.310 e. The van der Waals surface area contributed by atoms with Gasteiger partial charge in [-0.3, -0.25) is 0 Å². The molecule has 0 fully saturated rings. The van der Waals surface area contributed by atoms with Gasteiger partial charge in [-0.25, -0.2) is 0 Å². The summed E-state index contributed by atoms with van der Waals surface area (Å²) in [6, 6.07) is 47.2. The van der Waals surface area contributed by atoms with Gasteiger partial charge in [-0.15, -0.1) is 0 Å². The number of rotatable bonds is 8. The quantitative estimate of drug-likeness (QED) is 0.148. The van der Waals surface area contributed by atoms with E-state index in [1.807, 2.05) is 140 Å². The first-order chi connectivity index (χ1) is 35.3. The lowest BCUT2D eigenvalue weighted by atomic mass is 9.89. The molecule has 0 unspecified atom stereocenters. The third kappa shape index (κ3) is 6.83. The molecule has 0 aliphatic rings. The van der Waals surface area contributed by atoms with E-state index in [1.165, 1.54) is 0 Å². The van der Waals surface area contributed by atoms with Crippen molar-refractivity contribution in [3.63, 3.8) is 0 Å². The van der Waals surface area contributed by atoms with Crippen molar-refractivity contribution in [3.05, 3.63) is 248 Å². The van der Waals surface area contributed by atoms with E-state index >= 15 is 0 Å². The second kappa shape index (κ2) is 15.6. The van der Waals surface area contributed by atoms with Gasteiger partial charge in [-0.2, -0.15) is 0 Å². The van der Waals surface area contributed by atoms with Gasteiger partial charge in [0.25, 0.3) is 0 Å². The van der Waals surface area contributed by atoms with E-state index < -0.39 is 89.6 Å². The minimum atomic E-state index is -0.731. The smallest absolute Gasteiger partial charge is 0.0651 e. The summed E-state index contributed by atoms with van der Waals surface area (Å²) in [4.78, 5) is 0.913. The third-order valence-electron chi connectivity index (χ3n) is 11.1. The van der Waals surface area contributed by atoms with Gasteiger partial charge in [-0.1, -0.05) is 212 Å². The summed E-state index contributed by atoms with van der Waals surface area (Å²) in [6.07, 6.45) is 0. The van der Waals surface area contributed by atoms with Gasteiger partial charge in [0.05, 0.1) is 16.4 Å². The molecule has 0 aliphatic carbocycles. The highest BCUT2D eigenvalue weighted by Crippen LogP contribution is 2.42. The fraction of sp³-hybridized carbons (Fsp3) is 0. The van der Waals surface area contributed by atoms with Crippen LogP contribution in [0.4, 0.5) is 17.1 Å². The Labute approximate surface area is 373 Å². The molecule has 0 radical (unpaired) electrons. The van der Waals surface area contributed by atoms with Gasteiger partial charge in [0.2, 0.25) is 0 Å². The maximum atomic E-state index is 9.97. The van der Waals surface area contributed by atoms with E-state index in [4.69, 9.17) is 0 Å². The van der Waals surface area contributed by atoms with Gasteiger partial charge in [-0.05, 0) is 124 Å². The molecule has 286 valence electrons. The molecule has 0 saturated carbocycles. The van der Waals surface area contributed by atoms with Gasteiger partial charge in [0, 0.05) is 17.1 Å². The molecule has 0 amide bonds. The first kappa shape index (κ1) is 25.5. The average molecular weight is 788 g/mol. The molecule has 0 N–H and O–H groups in total. The van der Waals surface area contributed by atoms with Crippen molar-refractivity contribution >= 4 is 49.4 Å². The first-order valence-corrected chi connectivity index (χ1v) is 20.0. The average Bonchev–Trinajstić information content (AvgIpc) is 3.42. The van der Waals surface area contributed by atoms with Crippen molar-refractivity contribution in [2.45, 2.75) is 0 Å².